The summed E-state index contributed by atoms with van der Waals surface area (Å²) in [7, 11) is 1.83. The third-order valence-corrected chi connectivity index (χ3v) is 5.37. The van der Waals surface area contributed by atoms with Crippen LogP contribution in [0.5, 0.6) is 0 Å². The Hall–Kier alpha value is -1.64. The molecule has 0 bridgehead atoms. The predicted octanol–water partition coefficient (Wildman–Crippen LogP) is 3.74. The van der Waals surface area contributed by atoms with E-state index >= 15 is 0 Å². The van der Waals surface area contributed by atoms with Crippen LogP contribution in [0.25, 0.3) is 0 Å². The molecule has 6 nitrogen and oxygen atoms in total. The second-order valence-electron chi connectivity index (χ2n) is 7.67. The van der Waals surface area contributed by atoms with Crippen molar-refractivity contribution in [1.82, 2.24) is 25.4 Å². The Bertz CT molecular complexity index is 743. The minimum atomic E-state index is 0. The molecule has 1 aromatic heterocycles. The number of guanidine groups is 1. The predicted molar refractivity (Wildman–Crippen MR) is 130 cm³/mol. The van der Waals surface area contributed by atoms with Gasteiger partial charge in [0.15, 0.2) is 5.96 Å². The molecule has 1 aliphatic heterocycles. The second kappa shape index (κ2) is 12.8. The first-order valence-corrected chi connectivity index (χ1v) is 10.7. The molecule has 160 valence electrons. The molecule has 7 heteroatoms. The highest BCUT2D eigenvalue weighted by atomic mass is 127. The Morgan fingerprint density at radius 2 is 1.97 bits per heavy atom. The summed E-state index contributed by atoms with van der Waals surface area (Å²) in [6, 6.07) is 11.0. The molecule has 0 fully saturated rings. The molecule has 0 saturated carbocycles. The van der Waals surface area contributed by atoms with E-state index in [9.17, 15) is 0 Å². The van der Waals surface area contributed by atoms with Crippen LogP contribution in [0.1, 0.15) is 56.2 Å². The fourth-order valence-corrected chi connectivity index (χ4v) is 3.71. The van der Waals surface area contributed by atoms with Crippen LogP contribution in [0.4, 0.5) is 0 Å². The zero-order valence-corrected chi connectivity index (χ0v) is 20.1. The van der Waals surface area contributed by atoms with Gasteiger partial charge in [-0.05, 0) is 44.6 Å². The first-order valence-electron chi connectivity index (χ1n) is 10.7. The number of aliphatic imine (C=N–C) groups is 1. The summed E-state index contributed by atoms with van der Waals surface area (Å²) < 4.78 is 2.34. The van der Waals surface area contributed by atoms with Gasteiger partial charge in [-0.2, -0.15) is 0 Å². The average molecular weight is 510 g/mol. The van der Waals surface area contributed by atoms with E-state index in [1.54, 1.807) is 0 Å². The van der Waals surface area contributed by atoms with Gasteiger partial charge in [0.2, 0.25) is 0 Å². The van der Waals surface area contributed by atoms with Gasteiger partial charge < -0.3 is 15.2 Å². The van der Waals surface area contributed by atoms with E-state index in [2.05, 4.69) is 67.6 Å². The Morgan fingerprint density at radius 3 is 2.76 bits per heavy atom. The number of benzene rings is 1. The first-order chi connectivity index (χ1) is 13.8. The fourth-order valence-electron chi connectivity index (χ4n) is 3.71. The summed E-state index contributed by atoms with van der Waals surface area (Å²) in [6.45, 7) is 4.17. The van der Waals surface area contributed by atoms with Gasteiger partial charge in [0.25, 0.3) is 0 Å². The maximum atomic E-state index is 4.42. The van der Waals surface area contributed by atoms with E-state index in [0.29, 0.717) is 6.04 Å². The number of nitrogens with zero attached hydrogens (tertiary/aromatic N) is 4. The SMILES string of the molecule is CN=C(NCCCc1nnc2n1CCCCC2)NC(C)CCc1ccccc1.I. The molecule has 2 N–H and O–H groups in total. The van der Waals surface area contributed by atoms with Crippen LogP contribution in [0.2, 0.25) is 0 Å². The molecule has 0 radical (unpaired) electrons. The topological polar surface area (TPSA) is 67.1 Å². The third-order valence-electron chi connectivity index (χ3n) is 5.37. The van der Waals surface area contributed by atoms with Gasteiger partial charge in [-0.1, -0.05) is 36.8 Å². The van der Waals surface area contributed by atoms with Crippen molar-refractivity contribution >= 4 is 29.9 Å². The van der Waals surface area contributed by atoms with Crippen molar-refractivity contribution in [3.05, 3.63) is 47.5 Å². The number of hydrogen-bond acceptors (Lipinski definition) is 3. The molecule has 0 saturated heterocycles. The van der Waals surface area contributed by atoms with Crippen molar-refractivity contribution in [1.29, 1.82) is 0 Å². The van der Waals surface area contributed by atoms with Crippen molar-refractivity contribution in [3.8, 4) is 0 Å². The average Bonchev–Trinajstić information content (AvgIpc) is 2.95. The van der Waals surface area contributed by atoms with Gasteiger partial charge in [-0.15, -0.1) is 34.2 Å². The van der Waals surface area contributed by atoms with Gasteiger partial charge in [-0.3, -0.25) is 4.99 Å². The zero-order chi connectivity index (χ0) is 19.6. The summed E-state index contributed by atoms with van der Waals surface area (Å²) in [5.74, 6) is 3.18. The molecule has 29 heavy (non-hydrogen) atoms. The summed E-state index contributed by atoms with van der Waals surface area (Å²) in [4.78, 5) is 4.36. The van der Waals surface area contributed by atoms with Crippen molar-refractivity contribution in [2.75, 3.05) is 13.6 Å². The van der Waals surface area contributed by atoms with Crippen molar-refractivity contribution < 1.29 is 0 Å². The number of aryl methyl sites for hydroxylation is 3. The smallest absolute Gasteiger partial charge is 0.191 e. The van der Waals surface area contributed by atoms with Crippen LogP contribution >= 0.6 is 24.0 Å². The Balaban J connectivity index is 0.00000300. The number of halogens is 1. The van der Waals surface area contributed by atoms with Gasteiger partial charge in [0, 0.05) is 39.0 Å². The Labute approximate surface area is 192 Å². The van der Waals surface area contributed by atoms with Crippen LogP contribution in [0.3, 0.4) is 0 Å². The number of aromatic nitrogens is 3. The monoisotopic (exact) mass is 510 g/mol. The van der Waals surface area contributed by atoms with E-state index in [1.165, 1.54) is 30.7 Å². The van der Waals surface area contributed by atoms with Crippen LogP contribution in [-0.2, 0) is 25.8 Å². The van der Waals surface area contributed by atoms with E-state index in [-0.39, 0.29) is 24.0 Å². The van der Waals surface area contributed by atoms with E-state index in [1.807, 2.05) is 7.05 Å². The second-order valence-corrected chi connectivity index (χ2v) is 7.67. The number of fused-ring (bicyclic) bond motifs is 1. The van der Waals surface area contributed by atoms with Crippen molar-refractivity contribution in [3.63, 3.8) is 0 Å². The van der Waals surface area contributed by atoms with Crippen molar-refractivity contribution in [2.24, 2.45) is 4.99 Å². The Morgan fingerprint density at radius 1 is 1.14 bits per heavy atom. The lowest BCUT2D eigenvalue weighted by Crippen LogP contribution is -2.42. The lowest BCUT2D eigenvalue weighted by Gasteiger charge is -2.18. The highest BCUT2D eigenvalue weighted by Gasteiger charge is 2.14. The molecule has 0 aliphatic carbocycles. The Kier molecular flexibility index (Phi) is 10.5. The van der Waals surface area contributed by atoms with E-state index in [4.69, 9.17) is 0 Å². The molecular weight excluding hydrogens is 475 g/mol. The molecule has 0 amide bonds. The van der Waals surface area contributed by atoms with Crippen LogP contribution < -0.4 is 10.6 Å². The maximum absolute atomic E-state index is 4.42. The molecule has 1 unspecified atom stereocenters. The molecule has 1 atom stereocenters. The highest BCUT2D eigenvalue weighted by Crippen LogP contribution is 2.15. The zero-order valence-electron chi connectivity index (χ0n) is 17.7. The molecule has 2 aromatic rings. The van der Waals surface area contributed by atoms with Crippen molar-refractivity contribution in [2.45, 2.75) is 70.9 Å². The van der Waals surface area contributed by atoms with E-state index in [0.717, 1.165) is 57.0 Å². The van der Waals surface area contributed by atoms with Crippen LogP contribution in [0, 0.1) is 0 Å². The standard InChI is InChI=1S/C22H34N6.HI/c1-18(14-15-19-10-5-3-6-11-19)25-22(23-2)24-16-9-13-21-27-26-20-12-7-4-8-17-28(20)21;/h3,5-6,10-11,18H,4,7-9,12-17H2,1-2H3,(H2,23,24,25);1H. The van der Waals surface area contributed by atoms with E-state index < -0.39 is 0 Å². The summed E-state index contributed by atoms with van der Waals surface area (Å²) in [5.41, 5.74) is 1.38. The molecule has 1 aromatic carbocycles. The molecule has 2 heterocycles. The fraction of sp³-hybridized carbons (Fsp3) is 0.591. The van der Waals surface area contributed by atoms with Gasteiger partial charge >= 0.3 is 0 Å². The molecular formula is C22H35IN6. The molecule has 1 aliphatic rings. The minimum absolute atomic E-state index is 0. The lowest BCUT2D eigenvalue weighted by atomic mass is 10.1. The number of nitrogens with one attached hydrogen (secondary N) is 2. The van der Waals surface area contributed by atoms with Crippen LogP contribution in [-0.4, -0.2) is 40.4 Å². The maximum Gasteiger partial charge on any atom is 0.191 e. The van der Waals surface area contributed by atoms with Gasteiger partial charge in [-0.25, -0.2) is 0 Å². The largest absolute Gasteiger partial charge is 0.356 e. The lowest BCUT2D eigenvalue weighted by molar-refractivity contribution is 0.582. The number of rotatable bonds is 8. The first kappa shape index (κ1) is 23.6. The number of hydrogen-bond donors (Lipinski definition) is 2. The van der Waals surface area contributed by atoms with Gasteiger partial charge in [0.05, 0.1) is 0 Å². The molecule has 3 rings (SSSR count). The highest BCUT2D eigenvalue weighted by molar-refractivity contribution is 14.0. The summed E-state index contributed by atoms with van der Waals surface area (Å²) >= 11 is 0. The summed E-state index contributed by atoms with van der Waals surface area (Å²) in [6.07, 6.45) is 8.99. The minimum Gasteiger partial charge on any atom is -0.356 e. The summed E-state index contributed by atoms with van der Waals surface area (Å²) in [5, 5.41) is 15.7. The van der Waals surface area contributed by atoms with Crippen LogP contribution in [0.15, 0.2) is 35.3 Å². The molecule has 0 spiro atoms. The van der Waals surface area contributed by atoms with Gasteiger partial charge in [0.1, 0.15) is 11.6 Å². The quantitative estimate of drug-likeness (QED) is 0.246. The normalized spacial score (nSPS) is 15.0. The third kappa shape index (κ3) is 7.60.